The lowest BCUT2D eigenvalue weighted by Gasteiger charge is -2.23. The van der Waals surface area contributed by atoms with Gasteiger partial charge in [-0.1, -0.05) is 15.9 Å². The number of hydrogen-bond acceptors (Lipinski definition) is 1. The molecule has 0 atom stereocenters. The highest BCUT2D eigenvalue weighted by atomic mass is 79.9. The summed E-state index contributed by atoms with van der Waals surface area (Å²) in [4.78, 5) is 12.3. The minimum absolute atomic E-state index is 0.268. The van der Waals surface area contributed by atoms with Gasteiger partial charge in [-0.3, -0.25) is 4.79 Å². The summed E-state index contributed by atoms with van der Waals surface area (Å²) in [6.07, 6.45) is -9.33. The Balaban J connectivity index is 3.13. The van der Waals surface area contributed by atoms with Gasteiger partial charge in [-0.2, -0.15) is 26.3 Å². The number of alkyl halides is 6. The first-order valence-corrected chi connectivity index (χ1v) is 6.47. The summed E-state index contributed by atoms with van der Waals surface area (Å²) < 4.78 is 74.8. The topological polar surface area (TPSA) is 20.3 Å². The Hall–Kier alpha value is -1.25. The number of rotatable bonds is 3. The quantitative estimate of drug-likeness (QED) is 0.710. The van der Waals surface area contributed by atoms with Crippen LogP contribution in [0.4, 0.5) is 26.3 Å². The molecule has 0 spiro atoms. The van der Waals surface area contributed by atoms with Crippen molar-refractivity contribution in [1.82, 2.24) is 4.90 Å². The maximum atomic E-state index is 12.7. The van der Waals surface area contributed by atoms with Gasteiger partial charge in [0.15, 0.2) is 0 Å². The van der Waals surface area contributed by atoms with E-state index >= 15 is 0 Å². The number of benzene rings is 1. The van der Waals surface area contributed by atoms with Crippen molar-refractivity contribution in [2.75, 3.05) is 13.1 Å². The molecule has 2 nitrogen and oxygen atoms in total. The van der Waals surface area contributed by atoms with Gasteiger partial charge in [-0.05, 0) is 25.1 Å². The Morgan fingerprint density at radius 1 is 1.19 bits per heavy atom. The van der Waals surface area contributed by atoms with Crippen molar-refractivity contribution in [3.63, 3.8) is 0 Å². The van der Waals surface area contributed by atoms with Gasteiger partial charge in [-0.25, -0.2) is 0 Å². The lowest BCUT2D eigenvalue weighted by atomic mass is 10.1. The van der Waals surface area contributed by atoms with Crippen LogP contribution in [-0.2, 0) is 6.18 Å². The zero-order chi connectivity index (χ0) is 16.4. The number of hydrogen-bond donors (Lipinski definition) is 0. The van der Waals surface area contributed by atoms with E-state index in [1.54, 1.807) is 0 Å². The third-order valence-electron chi connectivity index (χ3n) is 2.56. The molecule has 0 aromatic heterocycles. The SMILES string of the molecule is CCN(CC(F)(F)F)C(=O)c1ccc(Br)c(C(F)(F)F)c1. The summed E-state index contributed by atoms with van der Waals surface area (Å²) in [5, 5.41) is 0. The molecule has 0 aliphatic heterocycles. The van der Waals surface area contributed by atoms with Crippen LogP contribution in [0.5, 0.6) is 0 Å². The molecule has 1 amide bonds. The molecule has 0 N–H and O–H groups in total. The molecule has 1 rings (SSSR count). The predicted octanol–water partition coefficient (Wildman–Crippen LogP) is 4.49. The summed E-state index contributed by atoms with van der Waals surface area (Å²) >= 11 is 2.69. The number of carbonyl (C=O) groups is 1. The molecule has 0 bridgehead atoms. The van der Waals surface area contributed by atoms with Crippen molar-refractivity contribution in [2.45, 2.75) is 19.3 Å². The lowest BCUT2D eigenvalue weighted by Crippen LogP contribution is -2.38. The van der Waals surface area contributed by atoms with Crippen LogP contribution >= 0.6 is 15.9 Å². The van der Waals surface area contributed by atoms with Gasteiger partial charge in [0.1, 0.15) is 6.54 Å². The van der Waals surface area contributed by atoms with E-state index in [2.05, 4.69) is 15.9 Å². The second-order valence-electron chi connectivity index (χ2n) is 4.13. The van der Waals surface area contributed by atoms with Crippen LogP contribution in [0.15, 0.2) is 22.7 Å². The van der Waals surface area contributed by atoms with Crippen LogP contribution in [0.3, 0.4) is 0 Å². The zero-order valence-electron chi connectivity index (χ0n) is 10.6. The highest BCUT2D eigenvalue weighted by Gasteiger charge is 2.35. The minimum Gasteiger partial charge on any atom is -0.330 e. The van der Waals surface area contributed by atoms with Gasteiger partial charge in [-0.15, -0.1) is 0 Å². The molecule has 9 heteroatoms. The van der Waals surface area contributed by atoms with E-state index in [0.717, 1.165) is 12.1 Å². The van der Waals surface area contributed by atoms with E-state index in [4.69, 9.17) is 0 Å². The molecular weight excluding hydrogens is 368 g/mol. The van der Waals surface area contributed by atoms with Crippen molar-refractivity contribution in [1.29, 1.82) is 0 Å². The highest BCUT2D eigenvalue weighted by Crippen LogP contribution is 2.35. The molecule has 0 radical (unpaired) electrons. The number of halogens is 7. The van der Waals surface area contributed by atoms with Crippen LogP contribution in [0.2, 0.25) is 0 Å². The fourth-order valence-electron chi connectivity index (χ4n) is 1.60. The Kier molecular flexibility index (Phi) is 5.30. The van der Waals surface area contributed by atoms with E-state index in [9.17, 15) is 31.1 Å². The van der Waals surface area contributed by atoms with Crippen molar-refractivity contribution in [3.8, 4) is 0 Å². The summed E-state index contributed by atoms with van der Waals surface area (Å²) in [6, 6.07) is 2.56. The summed E-state index contributed by atoms with van der Waals surface area (Å²) in [6.45, 7) is -0.470. The van der Waals surface area contributed by atoms with Crippen molar-refractivity contribution in [2.24, 2.45) is 0 Å². The third-order valence-corrected chi connectivity index (χ3v) is 3.25. The first kappa shape index (κ1) is 17.8. The van der Waals surface area contributed by atoms with Gasteiger partial charge in [0.25, 0.3) is 5.91 Å². The Morgan fingerprint density at radius 3 is 2.19 bits per heavy atom. The maximum Gasteiger partial charge on any atom is 0.417 e. The lowest BCUT2D eigenvalue weighted by molar-refractivity contribution is -0.141. The van der Waals surface area contributed by atoms with Crippen LogP contribution < -0.4 is 0 Å². The van der Waals surface area contributed by atoms with Gasteiger partial charge in [0, 0.05) is 16.6 Å². The minimum atomic E-state index is -4.71. The van der Waals surface area contributed by atoms with Gasteiger partial charge in [0.05, 0.1) is 5.56 Å². The average molecular weight is 378 g/mol. The maximum absolute atomic E-state index is 12.7. The Bertz CT molecular complexity index is 525. The fourth-order valence-corrected chi connectivity index (χ4v) is 2.07. The normalized spacial score (nSPS) is 12.4. The molecular formula is C12H10BrF6NO. The number of amides is 1. The van der Waals surface area contributed by atoms with Gasteiger partial charge < -0.3 is 4.90 Å². The first-order chi connectivity index (χ1) is 9.45. The van der Waals surface area contributed by atoms with Gasteiger partial charge >= 0.3 is 12.4 Å². The first-order valence-electron chi connectivity index (χ1n) is 5.68. The fraction of sp³-hybridized carbons (Fsp3) is 0.417. The molecule has 0 aliphatic carbocycles. The average Bonchev–Trinajstić information content (AvgIpc) is 2.33. The number of carbonyl (C=O) groups excluding carboxylic acids is 1. The van der Waals surface area contributed by atoms with Crippen LogP contribution in [0.25, 0.3) is 0 Å². The molecule has 0 saturated heterocycles. The van der Waals surface area contributed by atoms with Crippen molar-refractivity contribution < 1.29 is 31.1 Å². The summed E-state index contributed by atoms with van der Waals surface area (Å²) in [5.41, 5.74) is -1.56. The molecule has 1 aromatic rings. The number of nitrogens with zero attached hydrogens (tertiary/aromatic N) is 1. The molecule has 0 unspecified atom stereocenters. The van der Waals surface area contributed by atoms with Crippen LogP contribution in [0.1, 0.15) is 22.8 Å². The molecule has 0 fully saturated rings. The Labute approximate surface area is 124 Å². The van der Waals surface area contributed by atoms with E-state index < -0.39 is 35.9 Å². The Morgan fingerprint density at radius 2 is 1.76 bits per heavy atom. The second kappa shape index (κ2) is 6.25. The van der Waals surface area contributed by atoms with Crippen LogP contribution in [-0.4, -0.2) is 30.1 Å². The molecule has 1 aromatic carbocycles. The summed E-state index contributed by atoms with van der Waals surface area (Å²) in [5.74, 6) is -1.10. The predicted molar refractivity (Wildman–Crippen MR) is 66.8 cm³/mol. The smallest absolute Gasteiger partial charge is 0.330 e. The molecule has 0 saturated carbocycles. The monoisotopic (exact) mass is 377 g/mol. The van der Waals surface area contributed by atoms with Crippen LogP contribution in [0, 0.1) is 0 Å². The van der Waals surface area contributed by atoms with Gasteiger partial charge in [0.2, 0.25) is 0 Å². The van der Waals surface area contributed by atoms with Crippen molar-refractivity contribution >= 4 is 21.8 Å². The zero-order valence-corrected chi connectivity index (χ0v) is 12.2. The largest absolute Gasteiger partial charge is 0.417 e. The second-order valence-corrected chi connectivity index (χ2v) is 4.98. The molecule has 21 heavy (non-hydrogen) atoms. The molecule has 118 valence electrons. The third kappa shape index (κ3) is 4.90. The van der Waals surface area contributed by atoms with E-state index in [0.29, 0.717) is 11.0 Å². The van der Waals surface area contributed by atoms with Crippen molar-refractivity contribution in [3.05, 3.63) is 33.8 Å². The summed E-state index contributed by atoms with van der Waals surface area (Å²) in [7, 11) is 0. The van der Waals surface area contributed by atoms with E-state index in [1.807, 2.05) is 0 Å². The highest BCUT2D eigenvalue weighted by molar-refractivity contribution is 9.10. The van der Waals surface area contributed by atoms with E-state index in [-0.39, 0.29) is 11.0 Å². The molecule has 0 aliphatic rings. The standard InChI is InChI=1S/C12H10BrF6NO/c1-2-20(6-11(14,15)16)10(21)7-3-4-9(13)8(5-7)12(17,18)19/h3-5H,2,6H2,1H3. The van der Waals surface area contributed by atoms with E-state index in [1.165, 1.54) is 6.92 Å². The molecule has 0 heterocycles.